The van der Waals surface area contributed by atoms with Gasteiger partial charge in [-0.2, -0.15) is 13.2 Å². The summed E-state index contributed by atoms with van der Waals surface area (Å²) in [6, 6.07) is 23.5. The molecule has 0 spiro atoms. The molecule has 7 rings (SSSR count). The van der Waals surface area contributed by atoms with E-state index in [2.05, 4.69) is 10.0 Å². The topological polar surface area (TPSA) is 239 Å². The molecule has 1 N–H and O–H groups in total. The Bertz CT molecular complexity index is 2770. The van der Waals surface area contributed by atoms with Gasteiger partial charge in [0.05, 0.1) is 59.0 Å². The largest absolute Gasteiger partial charge is 0.471 e. The van der Waals surface area contributed by atoms with Gasteiger partial charge in [-0.1, -0.05) is 101 Å². The minimum absolute atomic E-state index is 0.00570. The number of rotatable bonds is 18. The zero-order valence-electron chi connectivity index (χ0n) is 41.8. The Kier molecular flexibility index (Phi) is 18.5. The van der Waals surface area contributed by atoms with Crippen LogP contribution >= 0.6 is 22.6 Å². The van der Waals surface area contributed by atoms with Crippen molar-refractivity contribution < 1.29 is 70.3 Å². The van der Waals surface area contributed by atoms with Crippen LogP contribution in [0.25, 0.3) is 10.4 Å². The van der Waals surface area contributed by atoms with Crippen molar-refractivity contribution in [3.05, 3.63) is 149 Å². The molecule has 3 fully saturated rings. The normalized spacial score (nSPS) is 25.8. The average Bonchev–Trinajstić information content (AvgIpc) is 3.71. The second kappa shape index (κ2) is 24.4. The molecule has 3 aliphatic rings. The fraction of sp³-hybridized carbons (Fsp3) is 0.510. The summed E-state index contributed by atoms with van der Waals surface area (Å²) in [6.45, 7) is 8.57. The van der Waals surface area contributed by atoms with Crippen molar-refractivity contribution >= 4 is 40.4 Å². The van der Waals surface area contributed by atoms with Crippen LogP contribution < -0.4 is 21.4 Å². The van der Waals surface area contributed by atoms with Crippen molar-refractivity contribution in [3.8, 4) is 0 Å². The number of amides is 1. The van der Waals surface area contributed by atoms with Crippen LogP contribution in [0.15, 0.2) is 112 Å². The predicted molar refractivity (Wildman–Crippen MR) is 267 cm³/mol. The first-order valence-corrected chi connectivity index (χ1v) is 25.0. The number of nitrogens with one attached hydrogen (secondary N) is 1. The van der Waals surface area contributed by atoms with Crippen molar-refractivity contribution in [2.24, 2.45) is 15.9 Å². The van der Waals surface area contributed by atoms with Gasteiger partial charge >= 0.3 is 35.3 Å². The Morgan fingerprint density at radius 2 is 1.28 bits per heavy atom. The molecule has 0 unspecified atom stereocenters. The summed E-state index contributed by atoms with van der Waals surface area (Å²) in [5.74, 6) is -3.99. The number of fused-ring (bicyclic) bond motifs is 1. The van der Waals surface area contributed by atoms with Gasteiger partial charge in [0.25, 0.3) is 0 Å². The maximum atomic E-state index is 14.5. The third-order valence-corrected chi connectivity index (χ3v) is 12.9. The Labute approximate surface area is 442 Å². The molecule has 3 aromatic carbocycles. The van der Waals surface area contributed by atoms with E-state index in [-0.39, 0.29) is 43.0 Å². The van der Waals surface area contributed by atoms with Crippen LogP contribution in [0.1, 0.15) is 70.9 Å². The van der Waals surface area contributed by atoms with Crippen LogP contribution in [0.5, 0.6) is 0 Å². The predicted octanol–water partition coefficient (Wildman–Crippen LogP) is 6.48. The van der Waals surface area contributed by atoms with Crippen LogP contribution in [0.4, 0.5) is 13.2 Å². The first-order chi connectivity index (χ1) is 35.5. The number of ether oxygens (including phenoxy) is 8. The monoisotopic (exact) mass is 1160 g/mol. The highest BCUT2D eigenvalue weighted by atomic mass is 127. The van der Waals surface area contributed by atoms with Crippen LogP contribution in [-0.2, 0) is 72.1 Å². The lowest BCUT2D eigenvalue weighted by Crippen LogP contribution is -2.64. The molecule has 20 nitrogen and oxygen atoms in total. The van der Waals surface area contributed by atoms with Crippen LogP contribution in [0.3, 0.4) is 0 Å². The number of halogens is 4. The third-order valence-electron chi connectivity index (χ3n) is 12.2. The maximum absolute atomic E-state index is 14.5. The maximum Gasteiger partial charge on any atom is 0.471 e. The Balaban J connectivity index is 1.31. The number of nitrogens with zero attached hydrogens (tertiary/aromatic N) is 5. The number of alkyl halides is 3. The molecule has 24 heteroatoms. The molecule has 404 valence electrons. The second-order valence-electron chi connectivity index (χ2n) is 20.1. The van der Waals surface area contributed by atoms with E-state index in [4.69, 9.17) is 42.7 Å². The van der Waals surface area contributed by atoms with Crippen LogP contribution in [0, 0.1) is 14.4 Å². The lowest BCUT2D eigenvalue weighted by molar-refractivity contribution is -0.306. The molecule has 0 aliphatic carbocycles. The highest BCUT2D eigenvalue weighted by Gasteiger charge is 2.60. The van der Waals surface area contributed by atoms with E-state index in [1.165, 1.54) is 27.0 Å². The summed E-state index contributed by atoms with van der Waals surface area (Å²) in [6.07, 6.45) is -18.2. The van der Waals surface area contributed by atoms with Gasteiger partial charge in [0.15, 0.2) is 24.7 Å². The van der Waals surface area contributed by atoms with Crippen molar-refractivity contribution in [3.63, 3.8) is 0 Å². The van der Waals surface area contributed by atoms with Crippen LogP contribution in [-0.4, -0.2) is 108 Å². The standard InChI is InChI=1S/C51H58F3IN6O14/c1-49(2,3)46(64)74-37-34(57-45(63)51(52,53)54)22-32(27-67-24-29-16-10-7-11-17-29)70-44(37)73-38-35(28-68-25-30-18-12-8-13-19-30)71-40-39(36(38)58-59-56)72-43(41(40)75-47(65)50(4,5)6)60-23-33(55)42(62)61(48(60)66)69-26-31-20-14-9-15-21-31/h7-21,23,32,34-41,43-44H,22,24-28H2,1-6H3,(H,57,63)/t32-,34+,35+,36+,37+,38-,39+,40+,41+,43+,44-/m0/s1. The summed E-state index contributed by atoms with van der Waals surface area (Å²) in [4.78, 5) is 77.2. The van der Waals surface area contributed by atoms with Gasteiger partial charge in [-0.3, -0.25) is 23.7 Å². The fourth-order valence-corrected chi connectivity index (χ4v) is 8.85. The van der Waals surface area contributed by atoms with E-state index >= 15 is 0 Å². The minimum Gasteiger partial charge on any atom is -0.454 e. The molecule has 3 saturated heterocycles. The molecule has 1 amide bonds. The summed E-state index contributed by atoms with van der Waals surface area (Å²) in [7, 11) is 0. The van der Waals surface area contributed by atoms with E-state index < -0.39 is 113 Å². The third kappa shape index (κ3) is 14.3. The highest BCUT2D eigenvalue weighted by molar-refractivity contribution is 14.1. The first kappa shape index (κ1) is 56.9. The van der Waals surface area contributed by atoms with E-state index in [0.717, 1.165) is 15.7 Å². The number of aromatic nitrogens is 2. The van der Waals surface area contributed by atoms with Gasteiger partial charge in [0, 0.05) is 11.1 Å². The molecule has 3 aliphatic heterocycles. The zero-order chi connectivity index (χ0) is 54.2. The Hall–Kier alpha value is -5.86. The van der Waals surface area contributed by atoms with Gasteiger partial charge in [0.2, 0.25) is 0 Å². The van der Waals surface area contributed by atoms with Gasteiger partial charge in [0.1, 0.15) is 31.0 Å². The number of azide groups is 1. The Morgan fingerprint density at radius 1 is 0.747 bits per heavy atom. The minimum atomic E-state index is -5.36. The highest BCUT2D eigenvalue weighted by Crippen LogP contribution is 2.43. The van der Waals surface area contributed by atoms with Gasteiger partial charge < -0.3 is 48.0 Å². The molecule has 1 aromatic heterocycles. The van der Waals surface area contributed by atoms with E-state index in [1.807, 2.05) is 17.4 Å². The van der Waals surface area contributed by atoms with E-state index in [1.54, 1.807) is 122 Å². The van der Waals surface area contributed by atoms with E-state index in [0.29, 0.717) is 10.3 Å². The smallest absolute Gasteiger partial charge is 0.454 e. The number of carbonyl (C=O) groups excluding carboxylic acids is 3. The first-order valence-electron chi connectivity index (χ1n) is 23.9. The summed E-state index contributed by atoms with van der Waals surface area (Å²) in [5, 5.41) is 6.09. The molecule has 0 radical (unpaired) electrons. The average molecular weight is 1160 g/mol. The lowest BCUT2D eigenvalue weighted by atomic mass is 9.91. The summed E-state index contributed by atoms with van der Waals surface area (Å²) in [5.41, 5.74) is 8.20. The number of carbonyl (C=O) groups is 3. The zero-order valence-corrected chi connectivity index (χ0v) is 44.0. The molecular weight excluding hydrogens is 1100 g/mol. The van der Waals surface area contributed by atoms with Crippen molar-refractivity contribution in [2.45, 2.75) is 141 Å². The Morgan fingerprint density at radius 3 is 1.81 bits per heavy atom. The molecule has 0 bridgehead atoms. The van der Waals surface area contributed by atoms with Crippen molar-refractivity contribution in [1.29, 1.82) is 0 Å². The van der Waals surface area contributed by atoms with E-state index in [9.17, 15) is 42.7 Å². The van der Waals surface area contributed by atoms with Crippen molar-refractivity contribution in [2.75, 3.05) is 13.2 Å². The number of hydrogen-bond donors (Lipinski definition) is 1. The van der Waals surface area contributed by atoms with Crippen LogP contribution in [0.2, 0.25) is 0 Å². The molecule has 11 atom stereocenters. The second-order valence-corrected chi connectivity index (χ2v) is 21.3. The number of benzene rings is 3. The van der Waals surface area contributed by atoms with Gasteiger partial charge in [-0.15, -0.1) is 0 Å². The molecular formula is C51H58F3IN6O14. The quantitative estimate of drug-likeness (QED) is 0.0369. The SMILES string of the molecule is CC(C)(C)C(=O)O[C@@H]1[C@@H]2O[C@H](COCc3ccccc3)[C@H](O[C@@H]3O[C@H](COCc4ccccc4)C[C@@H](NC(=O)C(F)(F)F)[C@H]3OC(=O)C(C)(C)C)[C@@H](N=[N+]=[N-])[C@H]2O[C@H]1n1cc(I)c(=O)n(OCc2ccccc2)c1=O. The number of esters is 2. The van der Waals surface area contributed by atoms with Gasteiger partial charge in [-0.25, -0.2) is 4.79 Å². The summed E-state index contributed by atoms with van der Waals surface area (Å²) < 4.78 is 94.4. The fourth-order valence-electron chi connectivity index (χ4n) is 8.33. The molecule has 0 saturated carbocycles. The summed E-state index contributed by atoms with van der Waals surface area (Å²) >= 11 is 1.72. The molecule has 4 aromatic rings. The molecule has 4 heterocycles. The number of hydrogen-bond acceptors (Lipinski definition) is 15. The van der Waals surface area contributed by atoms with Gasteiger partial charge in [-0.05, 0) is 92.8 Å². The lowest BCUT2D eigenvalue weighted by Gasteiger charge is -2.47. The van der Waals surface area contributed by atoms with Crippen molar-refractivity contribution in [1.82, 2.24) is 14.6 Å². The molecule has 75 heavy (non-hydrogen) atoms.